The monoisotopic (exact) mass is 223 g/mol. The van der Waals surface area contributed by atoms with Gasteiger partial charge in [-0.05, 0) is 52.5 Å². The Morgan fingerprint density at radius 3 is 2.38 bits per heavy atom. The largest absolute Gasteiger partial charge is 0.309 e. The van der Waals surface area contributed by atoms with E-state index in [1.54, 1.807) is 11.1 Å². The third kappa shape index (κ3) is 2.84. The van der Waals surface area contributed by atoms with Crippen LogP contribution in [0.3, 0.4) is 0 Å². The van der Waals surface area contributed by atoms with Gasteiger partial charge in [-0.1, -0.05) is 5.57 Å². The highest BCUT2D eigenvalue weighted by molar-refractivity contribution is 5.22. The summed E-state index contributed by atoms with van der Waals surface area (Å²) in [4.78, 5) is 4.99. The number of likely N-dealkylation sites (tertiary alicyclic amines) is 1. The number of nitrogens with zero attached hydrogens (tertiary/aromatic N) is 2. The van der Waals surface area contributed by atoms with Crippen LogP contribution in [0.4, 0.5) is 0 Å². The fourth-order valence-corrected chi connectivity index (χ4v) is 2.59. The van der Waals surface area contributed by atoms with Crippen LogP contribution < -0.4 is 5.32 Å². The van der Waals surface area contributed by atoms with Gasteiger partial charge in [-0.2, -0.15) is 0 Å². The van der Waals surface area contributed by atoms with Gasteiger partial charge >= 0.3 is 0 Å². The fraction of sp³-hybridized carbons (Fsp3) is 0.846. The molecule has 0 atom stereocenters. The first-order valence-corrected chi connectivity index (χ1v) is 6.44. The van der Waals surface area contributed by atoms with E-state index in [4.69, 9.17) is 0 Å². The number of piperidine rings is 1. The highest BCUT2D eigenvalue weighted by Crippen LogP contribution is 2.17. The molecule has 92 valence electrons. The highest BCUT2D eigenvalue weighted by atomic mass is 15.2. The predicted octanol–water partition coefficient (Wildman–Crippen LogP) is 0.932. The van der Waals surface area contributed by atoms with Crippen molar-refractivity contribution in [1.29, 1.82) is 0 Å². The van der Waals surface area contributed by atoms with Crippen LogP contribution in [0.2, 0.25) is 0 Å². The molecular weight excluding hydrogens is 198 g/mol. The molecule has 0 bridgehead atoms. The second-order valence-corrected chi connectivity index (χ2v) is 5.46. The van der Waals surface area contributed by atoms with Crippen LogP contribution in [0.5, 0.6) is 0 Å². The van der Waals surface area contributed by atoms with E-state index in [9.17, 15) is 0 Å². The molecule has 0 amide bonds. The van der Waals surface area contributed by atoms with Crippen molar-refractivity contribution in [2.75, 3.05) is 46.8 Å². The van der Waals surface area contributed by atoms with Gasteiger partial charge in [0.1, 0.15) is 0 Å². The van der Waals surface area contributed by atoms with Gasteiger partial charge in [0.2, 0.25) is 0 Å². The van der Waals surface area contributed by atoms with Gasteiger partial charge in [0.25, 0.3) is 0 Å². The van der Waals surface area contributed by atoms with Crippen LogP contribution in [0.15, 0.2) is 11.1 Å². The van der Waals surface area contributed by atoms with Crippen molar-refractivity contribution in [3.8, 4) is 0 Å². The first-order valence-electron chi connectivity index (χ1n) is 6.44. The van der Waals surface area contributed by atoms with Gasteiger partial charge in [-0.3, -0.25) is 4.90 Å². The Hall–Kier alpha value is -0.380. The second kappa shape index (κ2) is 5.30. The Kier molecular flexibility index (Phi) is 4.00. The van der Waals surface area contributed by atoms with Crippen LogP contribution in [0, 0.1) is 0 Å². The minimum Gasteiger partial charge on any atom is -0.309 e. The predicted molar refractivity (Wildman–Crippen MR) is 68.7 cm³/mol. The van der Waals surface area contributed by atoms with Gasteiger partial charge in [0, 0.05) is 25.7 Å². The van der Waals surface area contributed by atoms with Crippen molar-refractivity contribution in [3.63, 3.8) is 0 Å². The van der Waals surface area contributed by atoms with Crippen molar-refractivity contribution in [2.24, 2.45) is 0 Å². The molecule has 0 aromatic carbocycles. The van der Waals surface area contributed by atoms with Crippen LogP contribution >= 0.6 is 0 Å². The lowest BCUT2D eigenvalue weighted by molar-refractivity contribution is 0.152. The molecule has 0 radical (unpaired) electrons. The Bertz CT molecular complexity index is 256. The zero-order valence-electron chi connectivity index (χ0n) is 10.9. The lowest BCUT2D eigenvalue weighted by Crippen LogP contribution is -2.43. The van der Waals surface area contributed by atoms with Gasteiger partial charge < -0.3 is 10.2 Å². The SMILES string of the molecule is CC(CN1CCC(N(C)C)CC1)=C1CNC1. The Balaban J connectivity index is 1.77. The molecule has 0 unspecified atom stereocenters. The van der Waals surface area contributed by atoms with Crippen molar-refractivity contribution in [2.45, 2.75) is 25.8 Å². The summed E-state index contributed by atoms with van der Waals surface area (Å²) in [5.41, 5.74) is 3.23. The summed E-state index contributed by atoms with van der Waals surface area (Å²) >= 11 is 0. The molecule has 2 heterocycles. The van der Waals surface area contributed by atoms with E-state index < -0.39 is 0 Å². The van der Waals surface area contributed by atoms with Crippen molar-refractivity contribution in [3.05, 3.63) is 11.1 Å². The summed E-state index contributed by atoms with van der Waals surface area (Å²) in [6.45, 7) is 8.27. The molecule has 2 rings (SSSR count). The van der Waals surface area contributed by atoms with Crippen LogP contribution in [0.25, 0.3) is 0 Å². The molecule has 2 saturated heterocycles. The third-order valence-electron chi connectivity index (χ3n) is 4.03. The molecule has 2 fully saturated rings. The molecule has 0 aromatic heterocycles. The van der Waals surface area contributed by atoms with E-state index in [2.05, 4.69) is 36.1 Å². The molecule has 0 spiro atoms. The van der Waals surface area contributed by atoms with E-state index in [0.717, 1.165) is 19.1 Å². The summed E-state index contributed by atoms with van der Waals surface area (Å²) in [7, 11) is 4.40. The van der Waals surface area contributed by atoms with E-state index in [-0.39, 0.29) is 0 Å². The van der Waals surface area contributed by atoms with Crippen LogP contribution in [-0.2, 0) is 0 Å². The Morgan fingerprint density at radius 2 is 1.94 bits per heavy atom. The lowest BCUT2D eigenvalue weighted by Gasteiger charge is -2.36. The zero-order valence-corrected chi connectivity index (χ0v) is 10.9. The summed E-state index contributed by atoms with van der Waals surface area (Å²) in [6, 6.07) is 0.801. The lowest BCUT2D eigenvalue weighted by atomic mass is 10.0. The fourth-order valence-electron chi connectivity index (χ4n) is 2.59. The van der Waals surface area contributed by atoms with Crippen molar-refractivity contribution < 1.29 is 0 Å². The molecule has 16 heavy (non-hydrogen) atoms. The number of nitrogens with one attached hydrogen (secondary N) is 1. The second-order valence-electron chi connectivity index (χ2n) is 5.46. The van der Waals surface area contributed by atoms with Crippen LogP contribution in [0.1, 0.15) is 19.8 Å². The summed E-state index contributed by atoms with van der Waals surface area (Å²) in [5.74, 6) is 0. The van der Waals surface area contributed by atoms with E-state index in [1.165, 1.54) is 32.5 Å². The molecule has 2 aliphatic heterocycles. The maximum atomic E-state index is 3.32. The Morgan fingerprint density at radius 1 is 1.31 bits per heavy atom. The van der Waals surface area contributed by atoms with Gasteiger partial charge in [-0.15, -0.1) is 0 Å². The number of hydrogen-bond donors (Lipinski definition) is 1. The Labute approximate surface area is 99.5 Å². The highest BCUT2D eigenvalue weighted by Gasteiger charge is 2.21. The molecule has 0 aliphatic carbocycles. The third-order valence-corrected chi connectivity index (χ3v) is 4.03. The van der Waals surface area contributed by atoms with Crippen molar-refractivity contribution in [1.82, 2.24) is 15.1 Å². The van der Waals surface area contributed by atoms with E-state index >= 15 is 0 Å². The minimum atomic E-state index is 0.801. The molecular formula is C13H25N3. The molecule has 3 heteroatoms. The van der Waals surface area contributed by atoms with Crippen LogP contribution in [-0.4, -0.2) is 62.7 Å². The quantitative estimate of drug-likeness (QED) is 0.718. The first-order chi connectivity index (χ1) is 7.66. The zero-order chi connectivity index (χ0) is 11.5. The minimum absolute atomic E-state index is 0.801. The topological polar surface area (TPSA) is 18.5 Å². The first kappa shape index (κ1) is 12.1. The number of rotatable bonds is 3. The smallest absolute Gasteiger partial charge is 0.0193 e. The number of hydrogen-bond acceptors (Lipinski definition) is 3. The standard InChI is InChI=1S/C13H25N3/c1-11(12-8-14-9-12)10-16-6-4-13(5-7-16)15(2)3/h13-14H,4-10H2,1-3H3. The molecule has 0 saturated carbocycles. The average Bonchev–Trinajstić information content (AvgIpc) is 2.15. The summed E-state index contributed by atoms with van der Waals surface area (Å²) < 4.78 is 0. The average molecular weight is 223 g/mol. The maximum absolute atomic E-state index is 3.32. The van der Waals surface area contributed by atoms with E-state index in [0.29, 0.717) is 0 Å². The molecule has 3 nitrogen and oxygen atoms in total. The molecule has 2 aliphatic rings. The van der Waals surface area contributed by atoms with Crippen molar-refractivity contribution >= 4 is 0 Å². The summed E-state index contributed by atoms with van der Waals surface area (Å²) in [5, 5.41) is 3.32. The van der Waals surface area contributed by atoms with E-state index in [1.807, 2.05) is 0 Å². The van der Waals surface area contributed by atoms with Gasteiger partial charge in [0.15, 0.2) is 0 Å². The summed E-state index contributed by atoms with van der Waals surface area (Å²) in [6.07, 6.45) is 2.65. The normalized spacial score (nSPS) is 23.6. The van der Waals surface area contributed by atoms with Gasteiger partial charge in [0.05, 0.1) is 0 Å². The molecule has 1 N–H and O–H groups in total. The van der Waals surface area contributed by atoms with Gasteiger partial charge in [-0.25, -0.2) is 0 Å². The maximum Gasteiger partial charge on any atom is 0.0193 e. The molecule has 0 aromatic rings.